The lowest BCUT2D eigenvalue weighted by molar-refractivity contribution is 0.641. The van der Waals surface area contributed by atoms with Gasteiger partial charge in [0.05, 0.1) is 22.3 Å². The van der Waals surface area contributed by atoms with E-state index < -0.39 is 0 Å². The summed E-state index contributed by atoms with van der Waals surface area (Å²) in [7, 11) is 0. The van der Waals surface area contributed by atoms with Crippen LogP contribution in [0.25, 0.3) is 38.9 Å². The van der Waals surface area contributed by atoms with Gasteiger partial charge >= 0.3 is 0 Å². The summed E-state index contributed by atoms with van der Waals surface area (Å²) in [4.78, 5) is 16.1. The van der Waals surface area contributed by atoms with Gasteiger partial charge in [-0.25, -0.2) is 9.97 Å². The average molecular weight is 669 g/mol. The number of aliphatic imine (C=N–C) groups is 1. The van der Waals surface area contributed by atoms with Crippen LogP contribution in [0.1, 0.15) is 49.9 Å². The van der Waals surface area contributed by atoms with Crippen molar-refractivity contribution in [3.63, 3.8) is 0 Å². The Kier molecular flexibility index (Phi) is 9.50. The molecule has 50 heavy (non-hydrogen) atoms. The van der Waals surface area contributed by atoms with Crippen molar-refractivity contribution in [2.75, 3.05) is 0 Å². The number of hydrogen-bond donors (Lipinski definition) is 1. The van der Waals surface area contributed by atoms with E-state index in [-0.39, 0.29) is 11.5 Å². The molecule has 4 aromatic carbocycles. The molecule has 1 N–H and O–H groups in total. The van der Waals surface area contributed by atoms with Gasteiger partial charge in [-0.15, -0.1) is 11.3 Å². The van der Waals surface area contributed by atoms with Crippen molar-refractivity contribution in [2.24, 2.45) is 4.99 Å². The van der Waals surface area contributed by atoms with Crippen molar-refractivity contribution in [1.29, 1.82) is 0 Å². The van der Waals surface area contributed by atoms with Gasteiger partial charge < -0.3 is 5.32 Å². The average Bonchev–Trinajstić information content (AvgIpc) is 3.73. The molecule has 2 aromatic heterocycles. The SMILES string of the molecule is C/C=C\C=C(/C)C1C=C(c2ccc(C(C)(C)c3ccc(-c4cc(-c5cccs5)nc(-c5ccccc5)n4)cc3)cc2)NC(c2ccccc2)=N1. The third-order valence-electron chi connectivity index (χ3n) is 9.26. The second-order valence-electron chi connectivity index (χ2n) is 13.0. The van der Waals surface area contributed by atoms with Gasteiger partial charge in [0, 0.05) is 27.8 Å². The Morgan fingerprint density at radius 3 is 1.94 bits per heavy atom. The number of rotatable bonds is 9. The summed E-state index contributed by atoms with van der Waals surface area (Å²) in [6, 6.07) is 44.5. The second kappa shape index (κ2) is 14.5. The maximum atomic E-state index is 5.06. The summed E-state index contributed by atoms with van der Waals surface area (Å²) < 4.78 is 0. The summed E-state index contributed by atoms with van der Waals surface area (Å²) in [6.07, 6.45) is 8.48. The van der Waals surface area contributed by atoms with Crippen LogP contribution in [0.15, 0.2) is 168 Å². The molecule has 1 aliphatic rings. The van der Waals surface area contributed by atoms with Crippen molar-refractivity contribution < 1.29 is 0 Å². The third-order valence-corrected chi connectivity index (χ3v) is 10.2. The standard InChI is InChI=1S/C45H40N4S/c1-5-6-14-31(2)38-29-39(47-43(46-38)34-15-9-7-10-16-34)32-20-24-36(25-21-32)45(3,4)37-26-22-33(23-27-37)40-30-41(42-19-13-28-50-42)49-44(48-40)35-17-11-8-12-18-35/h5-30,38H,1-4H3,(H,46,47)/b6-5-,31-14+. The molecule has 0 bridgehead atoms. The second-order valence-corrected chi connectivity index (χ2v) is 14.0. The monoisotopic (exact) mass is 668 g/mol. The predicted octanol–water partition coefficient (Wildman–Crippen LogP) is 11.1. The number of benzene rings is 4. The number of thiophene rings is 1. The first-order valence-corrected chi connectivity index (χ1v) is 17.9. The van der Waals surface area contributed by atoms with Gasteiger partial charge in [-0.3, -0.25) is 4.99 Å². The molecule has 5 heteroatoms. The van der Waals surface area contributed by atoms with E-state index in [9.17, 15) is 0 Å². The highest BCUT2D eigenvalue weighted by Gasteiger charge is 2.24. The first-order chi connectivity index (χ1) is 24.4. The Morgan fingerprint density at radius 2 is 1.32 bits per heavy atom. The molecule has 0 radical (unpaired) electrons. The molecule has 0 saturated carbocycles. The van der Waals surface area contributed by atoms with Gasteiger partial charge in [0.25, 0.3) is 0 Å². The zero-order valence-corrected chi connectivity index (χ0v) is 29.7. The van der Waals surface area contributed by atoms with Gasteiger partial charge in [0.1, 0.15) is 5.84 Å². The molecule has 0 amide bonds. The number of nitrogens with zero attached hydrogens (tertiary/aromatic N) is 3. The largest absolute Gasteiger partial charge is 0.340 e. The van der Waals surface area contributed by atoms with Gasteiger partial charge in [-0.1, -0.05) is 147 Å². The number of aromatic nitrogens is 2. The number of hydrogen-bond acceptors (Lipinski definition) is 5. The Bertz CT molecular complexity index is 2190. The fourth-order valence-corrected chi connectivity index (χ4v) is 6.87. The van der Waals surface area contributed by atoms with E-state index in [4.69, 9.17) is 15.0 Å². The van der Waals surface area contributed by atoms with Crippen molar-refractivity contribution in [2.45, 2.75) is 39.2 Å². The zero-order valence-electron chi connectivity index (χ0n) is 28.8. The van der Waals surface area contributed by atoms with Crippen LogP contribution >= 0.6 is 11.3 Å². The van der Waals surface area contributed by atoms with Crippen molar-refractivity contribution in [1.82, 2.24) is 15.3 Å². The molecule has 7 rings (SSSR count). The lowest BCUT2D eigenvalue weighted by Crippen LogP contribution is -2.30. The van der Waals surface area contributed by atoms with Crippen LogP contribution in [0.3, 0.4) is 0 Å². The molecule has 0 fully saturated rings. The Hall–Kier alpha value is -5.65. The molecular formula is C45H40N4S. The molecular weight excluding hydrogens is 629 g/mol. The Labute approximate surface area is 299 Å². The smallest absolute Gasteiger partial charge is 0.160 e. The van der Waals surface area contributed by atoms with Crippen molar-refractivity contribution >= 4 is 22.9 Å². The summed E-state index contributed by atoms with van der Waals surface area (Å²) in [6.45, 7) is 8.75. The maximum absolute atomic E-state index is 5.06. The van der Waals surface area contributed by atoms with E-state index in [2.05, 4.69) is 153 Å². The minimum Gasteiger partial charge on any atom is -0.340 e. The topological polar surface area (TPSA) is 50.2 Å². The minimum atomic E-state index is -0.209. The quantitative estimate of drug-likeness (QED) is 0.156. The van der Waals surface area contributed by atoms with Crippen LogP contribution < -0.4 is 5.32 Å². The molecule has 0 spiro atoms. The van der Waals surface area contributed by atoms with Gasteiger partial charge in [-0.2, -0.15) is 0 Å². The van der Waals surface area contributed by atoms with Gasteiger partial charge in [0.2, 0.25) is 0 Å². The molecule has 3 heterocycles. The molecule has 246 valence electrons. The first kappa shape index (κ1) is 32.9. The van der Waals surface area contributed by atoms with E-state index >= 15 is 0 Å². The third kappa shape index (κ3) is 7.05. The van der Waals surface area contributed by atoms with Crippen LogP contribution in [0.2, 0.25) is 0 Å². The molecule has 0 aliphatic carbocycles. The normalized spacial score (nSPS) is 15.0. The van der Waals surface area contributed by atoms with Crippen LogP contribution in [0, 0.1) is 0 Å². The minimum absolute atomic E-state index is 0.0488. The fourth-order valence-electron chi connectivity index (χ4n) is 6.18. The number of nitrogens with one attached hydrogen (secondary N) is 1. The molecule has 4 nitrogen and oxygen atoms in total. The van der Waals surface area contributed by atoms with Crippen LogP contribution in [-0.4, -0.2) is 21.8 Å². The van der Waals surface area contributed by atoms with E-state index in [1.165, 1.54) is 16.7 Å². The van der Waals surface area contributed by atoms with Gasteiger partial charge in [-0.05, 0) is 59.7 Å². The van der Waals surface area contributed by atoms with Crippen molar-refractivity contribution in [3.05, 3.63) is 185 Å². The Morgan fingerprint density at radius 1 is 0.700 bits per heavy atom. The lowest BCUT2D eigenvalue weighted by atomic mass is 9.77. The van der Waals surface area contributed by atoms with Crippen molar-refractivity contribution in [3.8, 4) is 33.2 Å². The number of amidine groups is 1. The van der Waals surface area contributed by atoms with E-state index in [0.29, 0.717) is 0 Å². The van der Waals surface area contributed by atoms with E-state index in [1.54, 1.807) is 11.3 Å². The van der Waals surface area contributed by atoms with Crippen LogP contribution in [0.4, 0.5) is 0 Å². The van der Waals surface area contributed by atoms with Crippen LogP contribution in [0.5, 0.6) is 0 Å². The Balaban J connectivity index is 1.16. The molecule has 1 aliphatic heterocycles. The highest BCUT2D eigenvalue weighted by atomic mass is 32.1. The summed E-state index contributed by atoms with van der Waals surface area (Å²) in [5.41, 5.74) is 10.7. The molecule has 1 unspecified atom stereocenters. The molecule has 1 atom stereocenters. The molecule has 6 aromatic rings. The van der Waals surface area contributed by atoms with E-state index in [0.717, 1.165) is 55.9 Å². The predicted molar refractivity (Wildman–Crippen MR) is 211 cm³/mol. The number of allylic oxidation sites excluding steroid dienone is 3. The summed E-state index contributed by atoms with van der Waals surface area (Å²) in [5.74, 6) is 1.61. The van der Waals surface area contributed by atoms with Gasteiger partial charge in [0.15, 0.2) is 5.82 Å². The molecule has 0 saturated heterocycles. The highest BCUT2D eigenvalue weighted by molar-refractivity contribution is 7.13. The lowest BCUT2D eigenvalue weighted by Gasteiger charge is -2.27. The highest BCUT2D eigenvalue weighted by Crippen LogP contribution is 2.35. The van der Waals surface area contributed by atoms with E-state index in [1.807, 2.05) is 37.3 Å². The maximum Gasteiger partial charge on any atom is 0.160 e. The zero-order chi connectivity index (χ0) is 34.5. The van der Waals surface area contributed by atoms with Crippen LogP contribution in [-0.2, 0) is 5.41 Å². The first-order valence-electron chi connectivity index (χ1n) is 17.0. The summed E-state index contributed by atoms with van der Waals surface area (Å²) in [5, 5.41) is 5.71. The fraction of sp³-hybridized carbons (Fsp3) is 0.133. The summed E-state index contributed by atoms with van der Waals surface area (Å²) >= 11 is 1.69.